The van der Waals surface area contributed by atoms with Crippen LogP contribution in [0.5, 0.6) is 0 Å². The fourth-order valence-corrected chi connectivity index (χ4v) is 8.64. The van der Waals surface area contributed by atoms with Crippen molar-refractivity contribution in [2.75, 3.05) is 32.2 Å². The van der Waals surface area contributed by atoms with Crippen molar-refractivity contribution in [2.24, 2.45) is 17.3 Å². The highest BCUT2D eigenvalue weighted by molar-refractivity contribution is 5.50. The van der Waals surface area contributed by atoms with Gasteiger partial charge in [0.25, 0.3) is 0 Å². The van der Waals surface area contributed by atoms with Crippen LogP contribution in [0.15, 0.2) is 47.1 Å². The van der Waals surface area contributed by atoms with E-state index in [4.69, 9.17) is 9.47 Å². The summed E-state index contributed by atoms with van der Waals surface area (Å²) in [5.74, 6) is 1.07. The Balaban J connectivity index is 1.47. The Hall–Kier alpha value is -1.62. The molecule has 4 nitrogen and oxygen atoms in total. The molecule has 184 valence electrons. The van der Waals surface area contributed by atoms with Gasteiger partial charge in [0.05, 0.1) is 18.8 Å². The van der Waals surface area contributed by atoms with E-state index in [2.05, 4.69) is 63.2 Å². The predicted octanol–water partition coefficient (Wildman–Crippen LogP) is 5.97. The van der Waals surface area contributed by atoms with E-state index in [0.717, 1.165) is 32.1 Å². The normalized spacial score (nSPS) is 39.8. The second kappa shape index (κ2) is 7.94. The molecule has 0 aromatic heterocycles. The molecular weight excluding hydrogens is 422 g/mol. The molecule has 4 fully saturated rings. The van der Waals surface area contributed by atoms with Crippen LogP contribution in [0.25, 0.3) is 0 Å². The minimum absolute atomic E-state index is 0.261. The molecule has 4 heteroatoms. The second-order valence-corrected chi connectivity index (χ2v) is 12.0. The molecule has 0 unspecified atom stereocenters. The number of nitrogens with zero attached hydrogens (tertiary/aromatic N) is 1. The van der Waals surface area contributed by atoms with E-state index < -0.39 is 11.4 Å². The molecule has 1 aromatic rings. The van der Waals surface area contributed by atoms with Crippen molar-refractivity contribution >= 4 is 5.69 Å². The van der Waals surface area contributed by atoms with Crippen molar-refractivity contribution in [3.8, 4) is 0 Å². The van der Waals surface area contributed by atoms with Crippen molar-refractivity contribution in [3.05, 3.63) is 52.6 Å². The van der Waals surface area contributed by atoms with Gasteiger partial charge in [-0.3, -0.25) is 0 Å². The van der Waals surface area contributed by atoms with Crippen LogP contribution in [0.2, 0.25) is 0 Å². The zero-order valence-electron chi connectivity index (χ0n) is 21.4. The maximum absolute atomic E-state index is 12.1. The van der Waals surface area contributed by atoms with Crippen LogP contribution in [0, 0.1) is 17.3 Å². The average Bonchev–Trinajstić information content (AvgIpc) is 3.41. The predicted molar refractivity (Wildman–Crippen MR) is 136 cm³/mol. The molecule has 1 aliphatic heterocycles. The molecule has 4 aliphatic carbocycles. The van der Waals surface area contributed by atoms with Crippen molar-refractivity contribution in [1.29, 1.82) is 0 Å². The van der Waals surface area contributed by atoms with Gasteiger partial charge in [0.2, 0.25) is 0 Å². The Kier molecular flexibility index (Phi) is 5.33. The van der Waals surface area contributed by atoms with Crippen LogP contribution in [-0.2, 0) is 9.47 Å². The highest BCUT2D eigenvalue weighted by atomic mass is 16.7. The van der Waals surface area contributed by atoms with Crippen molar-refractivity contribution < 1.29 is 14.6 Å². The van der Waals surface area contributed by atoms with Crippen molar-refractivity contribution in [3.63, 3.8) is 0 Å². The number of hydrogen-bond donors (Lipinski definition) is 1. The van der Waals surface area contributed by atoms with Gasteiger partial charge in [-0.15, -0.1) is 0 Å². The summed E-state index contributed by atoms with van der Waals surface area (Å²) in [6.45, 7) is 6.08. The summed E-state index contributed by atoms with van der Waals surface area (Å²) in [5.41, 5.74) is 6.71. The Labute approximate surface area is 205 Å². The van der Waals surface area contributed by atoms with Crippen LogP contribution >= 0.6 is 0 Å². The number of allylic oxidation sites excluding steroid dienone is 3. The van der Waals surface area contributed by atoms with Gasteiger partial charge >= 0.3 is 0 Å². The molecule has 3 saturated carbocycles. The number of anilines is 1. The molecule has 1 aromatic carbocycles. The molecule has 5 aliphatic rings. The van der Waals surface area contributed by atoms with Crippen LogP contribution in [0.3, 0.4) is 0 Å². The quantitative estimate of drug-likeness (QED) is 0.549. The number of benzene rings is 1. The molecule has 34 heavy (non-hydrogen) atoms. The molecule has 5 atom stereocenters. The maximum Gasteiger partial charge on any atom is 0.171 e. The Morgan fingerprint density at radius 3 is 2.44 bits per heavy atom. The zero-order chi connectivity index (χ0) is 23.7. The van der Waals surface area contributed by atoms with E-state index in [1.54, 1.807) is 11.1 Å². The summed E-state index contributed by atoms with van der Waals surface area (Å²) in [6, 6.07) is 9.22. The number of ether oxygens (including phenoxy) is 2. The third-order valence-electron chi connectivity index (χ3n) is 10.2. The lowest BCUT2D eigenvalue weighted by Crippen LogP contribution is -2.53. The summed E-state index contributed by atoms with van der Waals surface area (Å²) in [6.07, 6.45) is 10.4. The number of rotatable bonds is 2. The minimum atomic E-state index is -0.786. The average molecular weight is 464 g/mol. The molecule has 1 saturated heterocycles. The van der Waals surface area contributed by atoms with E-state index in [9.17, 15) is 5.11 Å². The summed E-state index contributed by atoms with van der Waals surface area (Å²) in [4.78, 5) is 2.17. The van der Waals surface area contributed by atoms with Gasteiger partial charge in [0, 0.05) is 38.5 Å². The summed E-state index contributed by atoms with van der Waals surface area (Å²) in [7, 11) is 4.20. The first-order valence-electron chi connectivity index (χ1n) is 13.5. The molecule has 1 N–H and O–H groups in total. The Bertz CT molecular complexity index is 1020. The summed E-state index contributed by atoms with van der Waals surface area (Å²) < 4.78 is 12.2. The Morgan fingerprint density at radius 2 is 1.76 bits per heavy atom. The largest absolute Gasteiger partial charge is 0.385 e. The SMILES string of the molecule is CC=C1CC[C@H]2[C@@H]3CC[C@@]4(O)CC5(CCC4=C3[C@@H](c3ccc(N(C)C)cc3)C[C@]12C)OCCO5. The third kappa shape index (κ3) is 3.28. The van der Waals surface area contributed by atoms with E-state index in [1.165, 1.54) is 29.7 Å². The summed E-state index contributed by atoms with van der Waals surface area (Å²) in [5, 5.41) is 12.1. The lowest BCUT2D eigenvalue weighted by Gasteiger charge is -2.56. The number of fused-ring (bicyclic) bond motifs is 4. The van der Waals surface area contributed by atoms with Gasteiger partial charge in [0.15, 0.2) is 5.79 Å². The second-order valence-electron chi connectivity index (χ2n) is 12.0. The Morgan fingerprint density at radius 1 is 1.03 bits per heavy atom. The highest BCUT2D eigenvalue weighted by Crippen LogP contribution is 2.66. The van der Waals surface area contributed by atoms with E-state index in [1.807, 2.05) is 0 Å². The monoisotopic (exact) mass is 463 g/mol. The first-order valence-corrected chi connectivity index (χ1v) is 13.5. The number of aliphatic hydroxyl groups is 1. The molecule has 1 heterocycles. The van der Waals surface area contributed by atoms with Gasteiger partial charge in [0.1, 0.15) is 0 Å². The van der Waals surface area contributed by atoms with E-state index >= 15 is 0 Å². The highest BCUT2D eigenvalue weighted by Gasteiger charge is 2.59. The van der Waals surface area contributed by atoms with Gasteiger partial charge in [-0.25, -0.2) is 0 Å². The molecule has 6 rings (SSSR count). The molecule has 0 radical (unpaired) electrons. The van der Waals surface area contributed by atoms with Crippen molar-refractivity contribution in [2.45, 2.75) is 82.5 Å². The fraction of sp³-hybridized carbons (Fsp3) is 0.667. The zero-order valence-corrected chi connectivity index (χ0v) is 21.4. The first kappa shape index (κ1) is 22.8. The lowest BCUT2D eigenvalue weighted by atomic mass is 9.51. The lowest BCUT2D eigenvalue weighted by molar-refractivity contribution is -0.208. The van der Waals surface area contributed by atoms with Gasteiger partial charge in [-0.2, -0.15) is 0 Å². The number of hydrogen-bond acceptors (Lipinski definition) is 4. The van der Waals surface area contributed by atoms with Gasteiger partial charge in [-0.05, 0) is 86.0 Å². The smallest absolute Gasteiger partial charge is 0.171 e. The first-order chi connectivity index (χ1) is 16.3. The summed E-state index contributed by atoms with van der Waals surface area (Å²) >= 11 is 0. The van der Waals surface area contributed by atoms with Gasteiger partial charge < -0.3 is 19.5 Å². The molecule has 0 amide bonds. The van der Waals surface area contributed by atoms with E-state index in [-0.39, 0.29) is 5.41 Å². The topological polar surface area (TPSA) is 41.9 Å². The third-order valence-corrected chi connectivity index (χ3v) is 10.2. The van der Waals surface area contributed by atoms with Crippen LogP contribution in [-0.4, -0.2) is 43.8 Å². The van der Waals surface area contributed by atoms with Crippen LogP contribution in [0.1, 0.15) is 76.7 Å². The standard InChI is InChI=1S/C30H41NO3/c1-5-21-8-11-25-23-12-14-29(32)19-30(33-16-17-34-30)15-13-26(29)27(23)24(18-28(21,25)2)20-6-9-22(10-7-20)31(3)4/h5-7,9-10,23-25,32H,8,11-19H2,1-4H3/t23-,24+,25-,28+,29+/m0/s1. The fourth-order valence-electron chi connectivity index (χ4n) is 8.64. The molecular formula is C30H41NO3. The van der Waals surface area contributed by atoms with Crippen LogP contribution < -0.4 is 4.90 Å². The van der Waals surface area contributed by atoms with E-state index in [0.29, 0.717) is 37.4 Å². The molecule has 1 spiro atoms. The van der Waals surface area contributed by atoms with Crippen molar-refractivity contribution in [1.82, 2.24) is 0 Å². The van der Waals surface area contributed by atoms with Crippen LogP contribution in [0.4, 0.5) is 5.69 Å². The minimum Gasteiger partial charge on any atom is -0.385 e. The van der Waals surface area contributed by atoms with Gasteiger partial charge in [-0.1, -0.05) is 36.3 Å². The maximum atomic E-state index is 12.1. The molecule has 0 bridgehead atoms.